The fourth-order valence-electron chi connectivity index (χ4n) is 1.87. The van der Waals surface area contributed by atoms with Crippen molar-refractivity contribution in [3.05, 3.63) is 33.8 Å². The molecule has 13 heavy (non-hydrogen) atoms. The topological polar surface area (TPSA) is 38.0 Å². The van der Waals surface area contributed by atoms with Gasteiger partial charge in [-0.1, -0.05) is 28.1 Å². The van der Waals surface area contributed by atoms with Gasteiger partial charge in [0.05, 0.1) is 0 Å². The van der Waals surface area contributed by atoms with Gasteiger partial charge in [-0.25, -0.2) is 0 Å². The molecule has 70 valence electrons. The number of fused-ring (bicyclic) bond motifs is 1. The van der Waals surface area contributed by atoms with Gasteiger partial charge in [-0.05, 0) is 30.2 Å². The van der Waals surface area contributed by atoms with Crippen LogP contribution in [0.5, 0.6) is 0 Å². The molecule has 1 aliphatic rings. The maximum absolute atomic E-state index is 5.70. The molecule has 1 aliphatic heterocycles. The van der Waals surface area contributed by atoms with Gasteiger partial charge in [0, 0.05) is 17.1 Å². The first-order valence-corrected chi connectivity index (χ1v) is 5.33. The number of nitrogens with one attached hydrogen (secondary N) is 1. The molecule has 0 aromatic heterocycles. The Morgan fingerprint density at radius 3 is 3.15 bits per heavy atom. The van der Waals surface area contributed by atoms with E-state index < -0.39 is 0 Å². The van der Waals surface area contributed by atoms with E-state index in [1.807, 2.05) is 0 Å². The van der Waals surface area contributed by atoms with Crippen LogP contribution in [0.2, 0.25) is 0 Å². The summed E-state index contributed by atoms with van der Waals surface area (Å²) in [7, 11) is 0. The van der Waals surface area contributed by atoms with Crippen molar-refractivity contribution in [3.8, 4) is 0 Å². The van der Waals surface area contributed by atoms with Crippen molar-refractivity contribution < 1.29 is 0 Å². The third kappa shape index (κ3) is 1.64. The van der Waals surface area contributed by atoms with E-state index in [4.69, 9.17) is 5.73 Å². The summed E-state index contributed by atoms with van der Waals surface area (Å²) in [6, 6.07) is 6.67. The van der Waals surface area contributed by atoms with Crippen LogP contribution in [0.3, 0.4) is 0 Å². The third-order valence-electron chi connectivity index (χ3n) is 2.51. The molecule has 2 nitrogen and oxygen atoms in total. The molecule has 3 N–H and O–H groups in total. The highest BCUT2D eigenvalue weighted by atomic mass is 79.9. The van der Waals surface area contributed by atoms with Gasteiger partial charge in [0.2, 0.25) is 0 Å². The Hall–Kier alpha value is -0.380. The van der Waals surface area contributed by atoms with E-state index >= 15 is 0 Å². The van der Waals surface area contributed by atoms with Crippen molar-refractivity contribution in [1.82, 2.24) is 5.32 Å². The highest BCUT2D eigenvalue weighted by Gasteiger charge is 2.19. The molecule has 2 rings (SSSR count). The average molecular weight is 241 g/mol. The average Bonchev–Trinajstić information content (AvgIpc) is 2.17. The van der Waals surface area contributed by atoms with Gasteiger partial charge in [-0.2, -0.15) is 0 Å². The Bertz CT molecular complexity index is 312. The highest BCUT2D eigenvalue weighted by molar-refractivity contribution is 9.10. The van der Waals surface area contributed by atoms with Gasteiger partial charge >= 0.3 is 0 Å². The fraction of sp³-hybridized carbons (Fsp3) is 0.400. The van der Waals surface area contributed by atoms with Crippen molar-refractivity contribution in [2.45, 2.75) is 12.5 Å². The van der Waals surface area contributed by atoms with E-state index in [1.165, 1.54) is 15.6 Å². The molecule has 0 saturated carbocycles. The molecule has 0 saturated heterocycles. The minimum atomic E-state index is 0.319. The molecule has 0 radical (unpaired) electrons. The Morgan fingerprint density at radius 2 is 2.38 bits per heavy atom. The Labute approximate surface area is 86.6 Å². The molecular weight excluding hydrogens is 228 g/mol. The normalized spacial score (nSPS) is 21.2. The van der Waals surface area contributed by atoms with Gasteiger partial charge < -0.3 is 11.1 Å². The second-order valence-corrected chi connectivity index (χ2v) is 4.16. The maximum Gasteiger partial charge on any atom is 0.0458 e. The zero-order valence-corrected chi connectivity index (χ0v) is 8.97. The van der Waals surface area contributed by atoms with Crippen molar-refractivity contribution in [3.63, 3.8) is 0 Å². The summed E-state index contributed by atoms with van der Waals surface area (Å²) in [5.41, 5.74) is 8.47. The van der Waals surface area contributed by atoms with Crippen LogP contribution < -0.4 is 11.1 Å². The number of hydrogen-bond acceptors (Lipinski definition) is 2. The number of nitrogens with two attached hydrogens (primary N) is 1. The molecule has 0 bridgehead atoms. The van der Waals surface area contributed by atoms with Crippen LogP contribution in [0.4, 0.5) is 0 Å². The standard InChI is InChI=1S/C10H13BrN2/c11-8-3-1-2-7-4-5-13-9(6-12)10(7)8/h1-3,9,13H,4-6,12H2. The zero-order chi connectivity index (χ0) is 9.26. The van der Waals surface area contributed by atoms with E-state index in [2.05, 4.69) is 39.4 Å². The van der Waals surface area contributed by atoms with Gasteiger partial charge in [-0.15, -0.1) is 0 Å². The third-order valence-corrected chi connectivity index (χ3v) is 3.20. The van der Waals surface area contributed by atoms with E-state index in [0.717, 1.165) is 13.0 Å². The van der Waals surface area contributed by atoms with Crippen molar-refractivity contribution >= 4 is 15.9 Å². The minimum Gasteiger partial charge on any atom is -0.329 e. The van der Waals surface area contributed by atoms with Crippen molar-refractivity contribution in [2.75, 3.05) is 13.1 Å². The number of halogens is 1. The van der Waals surface area contributed by atoms with Gasteiger partial charge in [0.15, 0.2) is 0 Å². The first kappa shape index (κ1) is 9.19. The van der Waals surface area contributed by atoms with E-state index in [9.17, 15) is 0 Å². The smallest absolute Gasteiger partial charge is 0.0458 e. The minimum absolute atomic E-state index is 0.319. The largest absolute Gasteiger partial charge is 0.329 e. The molecule has 1 heterocycles. The second kappa shape index (κ2) is 3.78. The zero-order valence-electron chi connectivity index (χ0n) is 7.39. The lowest BCUT2D eigenvalue weighted by Crippen LogP contribution is -2.34. The number of rotatable bonds is 1. The maximum atomic E-state index is 5.70. The monoisotopic (exact) mass is 240 g/mol. The van der Waals surface area contributed by atoms with Gasteiger partial charge in [0.25, 0.3) is 0 Å². The van der Waals surface area contributed by atoms with Crippen LogP contribution in [0.15, 0.2) is 22.7 Å². The SMILES string of the molecule is NCC1NCCc2cccc(Br)c21. The summed E-state index contributed by atoms with van der Waals surface area (Å²) in [4.78, 5) is 0. The highest BCUT2D eigenvalue weighted by Crippen LogP contribution is 2.29. The van der Waals surface area contributed by atoms with Crippen LogP contribution in [-0.4, -0.2) is 13.1 Å². The van der Waals surface area contributed by atoms with Crippen molar-refractivity contribution in [1.29, 1.82) is 0 Å². The van der Waals surface area contributed by atoms with Gasteiger partial charge in [-0.3, -0.25) is 0 Å². The number of benzene rings is 1. The van der Waals surface area contributed by atoms with Crippen LogP contribution >= 0.6 is 15.9 Å². The first-order valence-electron chi connectivity index (χ1n) is 4.53. The van der Waals surface area contributed by atoms with Crippen LogP contribution in [0.25, 0.3) is 0 Å². The van der Waals surface area contributed by atoms with Crippen LogP contribution in [0, 0.1) is 0 Å². The summed E-state index contributed by atoms with van der Waals surface area (Å²) in [5, 5.41) is 3.41. The summed E-state index contributed by atoms with van der Waals surface area (Å²) in [5.74, 6) is 0. The molecule has 0 amide bonds. The molecule has 0 spiro atoms. The molecule has 1 aromatic rings. The Balaban J connectivity index is 2.47. The molecule has 0 aliphatic carbocycles. The Kier molecular flexibility index (Phi) is 2.67. The lowest BCUT2D eigenvalue weighted by molar-refractivity contribution is 0.511. The summed E-state index contributed by atoms with van der Waals surface area (Å²) < 4.78 is 1.17. The molecule has 0 fully saturated rings. The molecule has 3 heteroatoms. The predicted octanol–water partition coefficient (Wildman–Crippen LogP) is 1.59. The van der Waals surface area contributed by atoms with E-state index in [0.29, 0.717) is 12.6 Å². The lowest BCUT2D eigenvalue weighted by atomic mass is 9.94. The van der Waals surface area contributed by atoms with Crippen LogP contribution in [-0.2, 0) is 6.42 Å². The summed E-state index contributed by atoms with van der Waals surface area (Å²) in [6.45, 7) is 1.70. The molecule has 1 atom stereocenters. The van der Waals surface area contributed by atoms with Crippen LogP contribution in [0.1, 0.15) is 17.2 Å². The van der Waals surface area contributed by atoms with Gasteiger partial charge in [0.1, 0.15) is 0 Å². The molecule has 1 aromatic carbocycles. The Morgan fingerprint density at radius 1 is 1.54 bits per heavy atom. The molecular formula is C10H13BrN2. The molecule has 1 unspecified atom stereocenters. The number of hydrogen-bond donors (Lipinski definition) is 2. The van der Waals surface area contributed by atoms with E-state index in [1.54, 1.807) is 0 Å². The lowest BCUT2D eigenvalue weighted by Gasteiger charge is -2.26. The second-order valence-electron chi connectivity index (χ2n) is 3.31. The predicted molar refractivity (Wildman–Crippen MR) is 57.6 cm³/mol. The summed E-state index contributed by atoms with van der Waals surface area (Å²) >= 11 is 3.57. The fourth-order valence-corrected chi connectivity index (χ4v) is 2.56. The van der Waals surface area contributed by atoms with E-state index in [-0.39, 0.29) is 0 Å². The first-order chi connectivity index (χ1) is 6.33. The quantitative estimate of drug-likeness (QED) is 0.783. The van der Waals surface area contributed by atoms with Crippen molar-refractivity contribution in [2.24, 2.45) is 5.73 Å². The summed E-state index contributed by atoms with van der Waals surface area (Å²) in [6.07, 6.45) is 1.10.